The summed E-state index contributed by atoms with van der Waals surface area (Å²) in [5, 5.41) is 4.26. The van der Waals surface area contributed by atoms with Crippen LogP contribution in [0, 0.1) is 11.5 Å². The molecule has 0 saturated carbocycles. The zero-order valence-electron chi connectivity index (χ0n) is 16.2. The maximum Gasteiger partial charge on any atom is 4.00 e. The van der Waals surface area contributed by atoms with E-state index in [1.807, 2.05) is 0 Å². The van der Waals surface area contributed by atoms with E-state index in [0.717, 1.165) is 0 Å². The van der Waals surface area contributed by atoms with Crippen LogP contribution in [0.2, 0.25) is 0 Å². The van der Waals surface area contributed by atoms with Gasteiger partial charge in [0.25, 0.3) is 0 Å². The molecule has 4 heteroatoms. The van der Waals surface area contributed by atoms with E-state index in [4.69, 9.17) is 0 Å². The van der Waals surface area contributed by atoms with Crippen LogP contribution < -0.4 is 30.1 Å². The third-order valence-electron chi connectivity index (χ3n) is 4.68. The Balaban J connectivity index is 0. The standard InChI is InChI=1S/C11H12P.C10H15.2ClH.Zr/c1-12(2)11-7-9-5-3-4-6-10(9)8-11;1-7-6-10(4,5)9(3)8(7)2;;;/h3-8H,1-2H3;1-5H3;2*1H;/q2*-1;;;+4/p-2. The number of rotatable bonds is 1. The van der Waals surface area contributed by atoms with Crippen molar-refractivity contribution >= 4 is 24.0 Å². The third-order valence-corrected chi connectivity index (χ3v) is 5.97. The van der Waals surface area contributed by atoms with Crippen molar-refractivity contribution in [3.8, 4) is 0 Å². The van der Waals surface area contributed by atoms with Crippen LogP contribution >= 0.6 is 7.92 Å². The molecule has 0 aromatic heterocycles. The van der Waals surface area contributed by atoms with Crippen LogP contribution in [0.3, 0.4) is 0 Å². The fourth-order valence-corrected chi connectivity index (χ4v) is 3.59. The quantitative estimate of drug-likeness (QED) is 0.407. The fourth-order valence-electron chi connectivity index (χ4n) is 2.80. The first-order valence-corrected chi connectivity index (χ1v) is 10.1. The molecule has 3 rings (SSSR count). The molecular formula is C21H27Cl2PZr. The van der Waals surface area contributed by atoms with Gasteiger partial charge in [-0.2, -0.15) is 17.2 Å². The molecule has 134 valence electrons. The summed E-state index contributed by atoms with van der Waals surface area (Å²) in [4.78, 5) is 0. The average molecular weight is 473 g/mol. The van der Waals surface area contributed by atoms with E-state index in [0.29, 0.717) is 0 Å². The maximum atomic E-state index is 3.44. The number of hydrogen-bond donors (Lipinski definition) is 0. The smallest absolute Gasteiger partial charge is 1.00 e. The Bertz CT molecular complexity index is 706. The van der Waals surface area contributed by atoms with Crippen LogP contribution in [0.5, 0.6) is 0 Å². The SMILES string of the molecule is CC1=[C-]C(C)(C)C(C)=C1C.CP(C)c1cc2ccccc2[cH-]1.[Cl-].[Cl-].[Zr+4]. The first-order valence-electron chi connectivity index (χ1n) is 7.85. The molecule has 0 radical (unpaired) electrons. The van der Waals surface area contributed by atoms with Gasteiger partial charge in [-0.25, -0.2) is 5.57 Å². The fraction of sp³-hybridized carbons (Fsp3) is 0.381. The van der Waals surface area contributed by atoms with Crippen LogP contribution in [0.25, 0.3) is 10.8 Å². The second-order valence-corrected chi connectivity index (χ2v) is 9.17. The first-order chi connectivity index (χ1) is 10.2. The van der Waals surface area contributed by atoms with Crippen molar-refractivity contribution in [3.05, 3.63) is 59.2 Å². The molecule has 0 spiro atoms. The second-order valence-electron chi connectivity index (χ2n) is 6.86. The molecule has 2 aromatic rings. The minimum atomic E-state index is 0. The van der Waals surface area contributed by atoms with E-state index < -0.39 is 0 Å². The Hall–Kier alpha value is 0.203. The second kappa shape index (κ2) is 11.1. The number of benzene rings is 1. The van der Waals surface area contributed by atoms with E-state index >= 15 is 0 Å². The molecule has 0 nitrogen and oxygen atoms in total. The van der Waals surface area contributed by atoms with Gasteiger partial charge in [0, 0.05) is 0 Å². The molecule has 0 unspecified atom stereocenters. The van der Waals surface area contributed by atoms with Gasteiger partial charge in [-0.3, -0.25) is 6.08 Å². The predicted octanol–water partition coefficient (Wildman–Crippen LogP) is 0.0431. The van der Waals surface area contributed by atoms with Crippen molar-refractivity contribution in [1.82, 2.24) is 0 Å². The van der Waals surface area contributed by atoms with Crippen LogP contribution in [0.15, 0.2) is 53.1 Å². The van der Waals surface area contributed by atoms with Gasteiger partial charge in [0.05, 0.1) is 0 Å². The van der Waals surface area contributed by atoms with Crippen LogP contribution in [0.1, 0.15) is 34.6 Å². The van der Waals surface area contributed by atoms with E-state index in [1.54, 1.807) is 0 Å². The normalized spacial score (nSPS) is 14.8. The van der Waals surface area contributed by atoms with Crippen LogP contribution in [-0.2, 0) is 26.2 Å². The largest absolute Gasteiger partial charge is 4.00 e. The minimum absolute atomic E-state index is 0. The molecule has 0 N–H and O–H groups in total. The van der Waals surface area contributed by atoms with Crippen molar-refractivity contribution in [1.29, 1.82) is 0 Å². The van der Waals surface area contributed by atoms with Crippen LogP contribution in [0.4, 0.5) is 0 Å². The minimum Gasteiger partial charge on any atom is -1.00 e. The number of hydrogen-bond acceptors (Lipinski definition) is 0. The van der Waals surface area contributed by atoms with E-state index in [9.17, 15) is 0 Å². The molecule has 0 bridgehead atoms. The van der Waals surface area contributed by atoms with Gasteiger partial charge in [0.15, 0.2) is 0 Å². The Morgan fingerprint density at radius 1 is 1.00 bits per heavy atom. The number of halogens is 2. The van der Waals surface area contributed by atoms with Gasteiger partial charge < -0.3 is 24.8 Å². The summed E-state index contributed by atoms with van der Waals surface area (Å²) in [5.74, 6) is 0. The average Bonchev–Trinajstić information content (AvgIpc) is 2.96. The van der Waals surface area contributed by atoms with E-state index in [1.165, 1.54) is 32.8 Å². The van der Waals surface area contributed by atoms with Crippen molar-refractivity contribution in [2.45, 2.75) is 34.6 Å². The third kappa shape index (κ3) is 6.70. The van der Waals surface area contributed by atoms with E-state index in [2.05, 4.69) is 90.4 Å². The molecule has 0 aliphatic heterocycles. The summed E-state index contributed by atoms with van der Waals surface area (Å²) in [6, 6.07) is 13.2. The van der Waals surface area contributed by atoms with Gasteiger partial charge in [-0.15, -0.1) is 55.2 Å². The van der Waals surface area contributed by atoms with Gasteiger partial charge in [0.1, 0.15) is 0 Å². The Kier molecular flexibility index (Phi) is 12.2. The molecule has 0 fully saturated rings. The molecule has 0 amide bonds. The topological polar surface area (TPSA) is 0 Å². The Morgan fingerprint density at radius 2 is 1.56 bits per heavy atom. The molecular weight excluding hydrogens is 445 g/mol. The molecule has 1 aliphatic carbocycles. The van der Waals surface area contributed by atoms with Gasteiger partial charge in [-0.05, 0) is 13.3 Å². The summed E-state index contributed by atoms with van der Waals surface area (Å²) in [5.41, 5.74) is 4.39. The van der Waals surface area contributed by atoms with Crippen molar-refractivity contribution in [2.75, 3.05) is 13.3 Å². The molecule has 25 heavy (non-hydrogen) atoms. The summed E-state index contributed by atoms with van der Waals surface area (Å²) in [6.45, 7) is 15.5. The molecule has 0 heterocycles. The van der Waals surface area contributed by atoms with Gasteiger partial charge in [-0.1, -0.05) is 39.2 Å². The van der Waals surface area contributed by atoms with Crippen molar-refractivity contribution < 1.29 is 51.0 Å². The monoisotopic (exact) mass is 470 g/mol. The molecule has 0 saturated heterocycles. The number of fused-ring (bicyclic) bond motifs is 1. The van der Waals surface area contributed by atoms with Crippen molar-refractivity contribution in [2.24, 2.45) is 5.41 Å². The predicted molar refractivity (Wildman–Crippen MR) is 103 cm³/mol. The zero-order chi connectivity index (χ0) is 16.5. The summed E-state index contributed by atoms with van der Waals surface area (Å²) in [6.07, 6.45) is 3.44. The van der Waals surface area contributed by atoms with E-state index in [-0.39, 0.29) is 64.4 Å². The zero-order valence-corrected chi connectivity index (χ0v) is 21.0. The number of allylic oxidation sites excluding steroid dienone is 4. The first kappa shape index (κ1) is 27.4. The van der Waals surface area contributed by atoms with Crippen LogP contribution in [-0.4, -0.2) is 13.3 Å². The maximum absolute atomic E-state index is 3.44. The van der Waals surface area contributed by atoms with Gasteiger partial charge in [0.2, 0.25) is 0 Å². The van der Waals surface area contributed by atoms with Crippen molar-refractivity contribution in [3.63, 3.8) is 0 Å². The summed E-state index contributed by atoms with van der Waals surface area (Å²) in [7, 11) is 0.0576. The molecule has 0 atom stereocenters. The summed E-state index contributed by atoms with van der Waals surface area (Å²) < 4.78 is 0. The molecule has 2 aromatic carbocycles. The Morgan fingerprint density at radius 3 is 1.92 bits per heavy atom. The van der Waals surface area contributed by atoms with Gasteiger partial charge >= 0.3 is 26.2 Å². The Labute approximate surface area is 186 Å². The molecule has 1 aliphatic rings. The summed E-state index contributed by atoms with van der Waals surface area (Å²) >= 11 is 0.